The lowest BCUT2D eigenvalue weighted by atomic mass is 10.2. The summed E-state index contributed by atoms with van der Waals surface area (Å²) in [7, 11) is -2.96. The molecule has 0 amide bonds. The molecule has 7 heteroatoms. The predicted octanol–water partition coefficient (Wildman–Crippen LogP) is 1.92. The molecule has 0 aliphatic rings. The molecular formula is C14H21NO4S2. The SMILES string of the molecule is CCOc1cc(C(N)=S)ccc1OCCCS(=O)(=O)CC. The zero-order valence-electron chi connectivity index (χ0n) is 12.3. The van der Waals surface area contributed by atoms with E-state index >= 15 is 0 Å². The van der Waals surface area contributed by atoms with Crippen molar-refractivity contribution in [3.63, 3.8) is 0 Å². The van der Waals surface area contributed by atoms with Crippen molar-refractivity contribution in [1.29, 1.82) is 0 Å². The first-order valence-electron chi connectivity index (χ1n) is 6.79. The summed E-state index contributed by atoms with van der Waals surface area (Å²) in [5.74, 6) is 1.39. The van der Waals surface area contributed by atoms with Crippen LogP contribution in [0.2, 0.25) is 0 Å². The summed E-state index contributed by atoms with van der Waals surface area (Å²) >= 11 is 4.92. The zero-order chi connectivity index (χ0) is 15.9. The fourth-order valence-electron chi connectivity index (χ4n) is 1.65. The predicted molar refractivity (Wildman–Crippen MR) is 87.9 cm³/mol. The van der Waals surface area contributed by atoms with Crippen LogP contribution in [0.25, 0.3) is 0 Å². The normalized spacial score (nSPS) is 11.1. The van der Waals surface area contributed by atoms with Crippen LogP contribution in [0.4, 0.5) is 0 Å². The Morgan fingerprint density at radius 3 is 2.52 bits per heavy atom. The largest absolute Gasteiger partial charge is 0.490 e. The number of hydrogen-bond acceptors (Lipinski definition) is 5. The van der Waals surface area contributed by atoms with E-state index in [9.17, 15) is 8.42 Å². The van der Waals surface area contributed by atoms with E-state index in [-0.39, 0.29) is 16.5 Å². The minimum atomic E-state index is -2.96. The lowest BCUT2D eigenvalue weighted by Crippen LogP contribution is -2.12. The maximum Gasteiger partial charge on any atom is 0.161 e. The second-order valence-electron chi connectivity index (χ2n) is 4.40. The number of benzene rings is 1. The van der Waals surface area contributed by atoms with Crippen molar-refractivity contribution in [1.82, 2.24) is 0 Å². The van der Waals surface area contributed by atoms with E-state index in [1.807, 2.05) is 6.92 Å². The molecule has 0 bridgehead atoms. The average molecular weight is 331 g/mol. The Kier molecular flexibility index (Phi) is 6.91. The van der Waals surface area contributed by atoms with Gasteiger partial charge in [-0.1, -0.05) is 19.1 Å². The first kappa shape index (κ1) is 17.7. The molecule has 5 nitrogen and oxygen atoms in total. The van der Waals surface area contributed by atoms with E-state index in [1.165, 1.54) is 0 Å². The molecule has 0 atom stereocenters. The van der Waals surface area contributed by atoms with Crippen molar-refractivity contribution in [2.45, 2.75) is 20.3 Å². The molecule has 0 unspecified atom stereocenters. The smallest absolute Gasteiger partial charge is 0.161 e. The third-order valence-electron chi connectivity index (χ3n) is 2.83. The first-order valence-corrected chi connectivity index (χ1v) is 9.02. The van der Waals surface area contributed by atoms with Crippen LogP contribution in [-0.4, -0.2) is 38.1 Å². The fraction of sp³-hybridized carbons (Fsp3) is 0.500. The number of ether oxygens (including phenoxy) is 2. The second kappa shape index (κ2) is 8.19. The van der Waals surface area contributed by atoms with E-state index in [2.05, 4.69) is 0 Å². The van der Waals surface area contributed by atoms with Crippen LogP contribution in [0.15, 0.2) is 18.2 Å². The number of sulfone groups is 1. The minimum absolute atomic E-state index is 0.123. The van der Waals surface area contributed by atoms with Crippen molar-refractivity contribution >= 4 is 27.0 Å². The van der Waals surface area contributed by atoms with E-state index < -0.39 is 9.84 Å². The summed E-state index contributed by atoms with van der Waals surface area (Å²) in [5, 5.41) is 0. The fourth-order valence-corrected chi connectivity index (χ4v) is 2.63. The van der Waals surface area contributed by atoms with E-state index in [1.54, 1.807) is 25.1 Å². The maximum atomic E-state index is 11.4. The van der Waals surface area contributed by atoms with Crippen molar-refractivity contribution in [3.8, 4) is 11.5 Å². The zero-order valence-corrected chi connectivity index (χ0v) is 13.9. The van der Waals surface area contributed by atoms with E-state index in [0.29, 0.717) is 36.7 Å². The Bertz CT molecular complexity index is 585. The van der Waals surface area contributed by atoms with Gasteiger partial charge in [-0.3, -0.25) is 0 Å². The molecule has 0 saturated heterocycles. The van der Waals surface area contributed by atoms with Gasteiger partial charge in [-0.15, -0.1) is 0 Å². The summed E-state index contributed by atoms with van der Waals surface area (Å²) in [6, 6.07) is 5.21. The van der Waals surface area contributed by atoms with Crippen molar-refractivity contribution < 1.29 is 17.9 Å². The summed E-state index contributed by atoms with van der Waals surface area (Å²) in [6.45, 7) is 4.30. The van der Waals surface area contributed by atoms with Gasteiger partial charge >= 0.3 is 0 Å². The summed E-state index contributed by atoms with van der Waals surface area (Å²) in [4.78, 5) is 0.288. The van der Waals surface area contributed by atoms with Crippen LogP contribution in [0.1, 0.15) is 25.8 Å². The van der Waals surface area contributed by atoms with Gasteiger partial charge in [-0.25, -0.2) is 8.42 Å². The van der Waals surface area contributed by atoms with Crippen molar-refractivity contribution in [2.75, 3.05) is 24.7 Å². The van der Waals surface area contributed by atoms with Gasteiger partial charge in [0, 0.05) is 11.3 Å². The molecule has 1 aromatic rings. The van der Waals surface area contributed by atoms with Gasteiger partial charge in [0.05, 0.1) is 19.0 Å². The van der Waals surface area contributed by atoms with Crippen molar-refractivity contribution in [3.05, 3.63) is 23.8 Å². The van der Waals surface area contributed by atoms with Crippen LogP contribution in [-0.2, 0) is 9.84 Å². The average Bonchev–Trinajstić information content (AvgIpc) is 2.45. The number of hydrogen-bond donors (Lipinski definition) is 1. The number of rotatable bonds is 9. The Balaban J connectivity index is 2.67. The molecule has 0 aliphatic carbocycles. The highest BCUT2D eigenvalue weighted by atomic mass is 32.2. The first-order chi connectivity index (χ1) is 9.89. The molecule has 0 aromatic heterocycles. The summed E-state index contributed by atoms with van der Waals surface area (Å²) in [5.41, 5.74) is 6.29. The van der Waals surface area contributed by atoms with Crippen LogP contribution >= 0.6 is 12.2 Å². The number of thiocarbonyl (C=S) groups is 1. The lowest BCUT2D eigenvalue weighted by molar-refractivity contribution is 0.277. The standard InChI is InChI=1S/C14H21NO4S2/c1-3-18-13-10-11(14(15)20)6-7-12(13)19-8-5-9-21(16,17)4-2/h6-7,10H,3-5,8-9H2,1-2H3,(H2,15,20). The van der Waals surface area contributed by atoms with E-state index in [0.717, 1.165) is 0 Å². The molecule has 0 saturated carbocycles. The van der Waals surface area contributed by atoms with Crippen molar-refractivity contribution in [2.24, 2.45) is 5.73 Å². The lowest BCUT2D eigenvalue weighted by Gasteiger charge is -2.13. The molecule has 0 heterocycles. The van der Waals surface area contributed by atoms with Gasteiger partial charge in [0.25, 0.3) is 0 Å². The van der Waals surface area contributed by atoms with Crippen LogP contribution in [0.5, 0.6) is 11.5 Å². The molecule has 0 radical (unpaired) electrons. The maximum absolute atomic E-state index is 11.4. The molecule has 0 spiro atoms. The monoisotopic (exact) mass is 331 g/mol. The highest BCUT2D eigenvalue weighted by molar-refractivity contribution is 7.91. The Morgan fingerprint density at radius 1 is 1.24 bits per heavy atom. The Hall–Kier alpha value is -1.34. The molecule has 1 aromatic carbocycles. The molecule has 118 valence electrons. The van der Waals surface area contributed by atoms with E-state index in [4.69, 9.17) is 27.4 Å². The molecule has 0 fully saturated rings. The third kappa shape index (κ3) is 5.89. The van der Waals surface area contributed by atoms with Gasteiger partial charge in [-0.05, 0) is 31.5 Å². The third-order valence-corrected chi connectivity index (χ3v) is 4.85. The molecule has 0 aliphatic heterocycles. The molecular weight excluding hydrogens is 310 g/mol. The molecule has 2 N–H and O–H groups in total. The van der Waals surface area contributed by atoms with Gasteiger partial charge in [0.15, 0.2) is 11.5 Å². The van der Waals surface area contributed by atoms with Gasteiger partial charge in [0.2, 0.25) is 0 Å². The van der Waals surface area contributed by atoms with Gasteiger partial charge < -0.3 is 15.2 Å². The second-order valence-corrected chi connectivity index (χ2v) is 7.31. The molecule has 21 heavy (non-hydrogen) atoms. The topological polar surface area (TPSA) is 78.6 Å². The Labute approximate surface area is 131 Å². The quantitative estimate of drug-likeness (QED) is 0.550. The van der Waals surface area contributed by atoms with Crippen LogP contribution < -0.4 is 15.2 Å². The Morgan fingerprint density at radius 2 is 1.95 bits per heavy atom. The summed E-state index contributed by atoms with van der Waals surface area (Å²) in [6.07, 6.45) is 0.443. The molecule has 1 rings (SSSR count). The minimum Gasteiger partial charge on any atom is -0.490 e. The summed E-state index contributed by atoms with van der Waals surface area (Å²) < 4.78 is 33.9. The van der Waals surface area contributed by atoms with Crippen LogP contribution in [0, 0.1) is 0 Å². The number of nitrogens with two attached hydrogens (primary N) is 1. The highest BCUT2D eigenvalue weighted by Gasteiger charge is 2.10. The van der Waals surface area contributed by atoms with Gasteiger partial charge in [-0.2, -0.15) is 0 Å². The van der Waals surface area contributed by atoms with Gasteiger partial charge in [0.1, 0.15) is 14.8 Å². The highest BCUT2D eigenvalue weighted by Crippen LogP contribution is 2.28. The van der Waals surface area contributed by atoms with Crippen LogP contribution in [0.3, 0.4) is 0 Å².